The third kappa shape index (κ3) is 4.45. The van der Waals surface area contributed by atoms with Gasteiger partial charge in [-0.1, -0.05) is 41.3 Å². The summed E-state index contributed by atoms with van der Waals surface area (Å²) < 4.78 is 0.839. The van der Waals surface area contributed by atoms with E-state index >= 15 is 0 Å². The van der Waals surface area contributed by atoms with Gasteiger partial charge in [0.25, 0.3) is 0 Å². The monoisotopic (exact) mass is 348 g/mol. The van der Waals surface area contributed by atoms with Crippen LogP contribution in [-0.4, -0.2) is 40.5 Å². The molecule has 0 spiro atoms. The molecule has 0 aliphatic carbocycles. The molecule has 3 rings (SSSR count). The molecule has 1 saturated heterocycles. The van der Waals surface area contributed by atoms with Crippen molar-refractivity contribution in [1.29, 1.82) is 0 Å². The molecular formula is C16H20N4OS2. The highest BCUT2D eigenvalue weighted by Gasteiger charge is 2.23. The van der Waals surface area contributed by atoms with Crippen molar-refractivity contribution in [3.8, 4) is 0 Å². The minimum absolute atomic E-state index is 0.0864. The van der Waals surface area contributed by atoms with E-state index in [0.29, 0.717) is 0 Å². The fourth-order valence-corrected chi connectivity index (χ4v) is 4.29. The average Bonchev–Trinajstić information content (AvgIpc) is 3.09. The van der Waals surface area contributed by atoms with Gasteiger partial charge < -0.3 is 10.2 Å². The van der Waals surface area contributed by atoms with Crippen LogP contribution in [0, 0.1) is 0 Å². The van der Waals surface area contributed by atoms with Crippen LogP contribution in [-0.2, 0) is 4.79 Å². The Kier molecular flexibility index (Phi) is 5.51. The van der Waals surface area contributed by atoms with Crippen LogP contribution in [0.1, 0.15) is 19.8 Å². The van der Waals surface area contributed by atoms with Gasteiger partial charge in [-0.15, -0.1) is 10.2 Å². The van der Waals surface area contributed by atoms with E-state index in [-0.39, 0.29) is 17.2 Å². The predicted octanol–water partition coefficient (Wildman–Crippen LogP) is 2.80. The molecule has 0 bridgehead atoms. The molecule has 2 heterocycles. The molecule has 0 radical (unpaired) electrons. The molecule has 1 N–H and O–H groups in total. The van der Waals surface area contributed by atoms with Crippen molar-refractivity contribution < 1.29 is 4.79 Å². The molecule has 0 unspecified atom stereocenters. The number of nitrogens with zero attached hydrogens (tertiary/aromatic N) is 3. The number of aromatic nitrogens is 2. The van der Waals surface area contributed by atoms with Gasteiger partial charge in [0.2, 0.25) is 5.91 Å². The Labute approximate surface area is 144 Å². The number of amides is 1. The van der Waals surface area contributed by atoms with E-state index in [9.17, 15) is 4.79 Å². The normalized spacial score (nSPS) is 17.0. The van der Waals surface area contributed by atoms with Gasteiger partial charge in [0.1, 0.15) is 5.51 Å². The Hall–Kier alpha value is -1.60. The highest BCUT2D eigenvalue weighted by molar-refractivity contribution is 8.02. The third-order valence-corrected chi connectivity index (χ3v) is 5.86. The maximum absolute atomic E-state index is 12.3. The van der Waals surface area contributed by atoms with Crippen molar-refractivity contribution in [1.82, 2.24) is 15.5 Å². The lowest BCUT2D eigenvalue weighted by Crippen LogP contribution is -2.46. The van der Waals surface area contributed by atoms with Crippen molar-refractivity contribution in [3.05, 3.63) is 35.8 Å². The van der Waals surface area contributed by atoms with E-state index in [1.54, 1.807) is 5.51 Å². The van der Waals surface area contributed by atoms with Crippen molar-refractivity contribution in [3.63, 3.8) is 0 Å². The summed E-state index contributed by atoms with van der Waals surface area (Å²) in [6.45, 7) is 3.88. The molecule has 1 aliphatic rings. The van der Waals surface area contributed by atoms with E-state index in [4.69, 9.17) is 0 Å². The molecule has 1 aliphatic heterocycles. The Balaban J connectivity index is 1.46. The van der Waals surface area contributed by atoms with Gasteiger partial charge in [-0.2, -0.15) is 0 Å². The van der Waals surface area contributed by atoms with Crippen molar-refractivity contribution in [2.45, 2.75) is 35.4 Å². The average molecular weight is 348 g/mol. The minimum Gasteiger partial charge on any atom is -0.371 e. The quantitative estimate of drug-likeness (QED) is 0.842. The molecule has 23 heavy (non-hydrogen) atoms. The first kappa shape index (κ1) is 16.3. The zero-order chi connectivity index (χ0) is 16.1. The number of carbonyl (C=O) groups is 1. The first-order chi connectivity index (χ1) is 11.2. The van der Waals surface area contributed by atoms with Crippen molar-refractivity contribution >= 4 is 34.7 Å². The van der Waals surface area contributed by atoms with Gasteiger partial charge in [-0.3, -0.25) is 4.79 Å². The van der Waals surface area contributed by atoms with Crippen LogP contribution >= 0.6 is 23.1 Å². The standard InChI is InChI=1S/C16H20N4OS2/c1-12(23-16-19-17-11-22-16)15(21)18-13-7-9-20(10-8-13)14-5-3-2-4-6-14/h2-6,11-13H,7-10H2,1H3,(H,18,21)/t12-/m0/s1. The second-order valence-corrected chi connectivity index (χ2v) is 7.99. The maximum Gasteiger partial charge on any atom is 0.233 e. The lowest BCUT2D eigenvalue weighted by atomic mass is 10.0. The topological polar surface area (TPSA) is 58.1 Å². The van der Waals surface area contributed by atoms with Crippen LogP contribution in [0.4, 0.5) is 5.69 Å². The summed E-state index contributed by atoms with van der Waals surface area (Å²) in [6.07, 6.45) is 1.97. The number of hydrogen-bond acceptors (Lipinski definition) is 6. The molecule has 5 nitrogen and oxygen atoms in total. The summed E-state index contributed by atoms with van der Waals surface area (Å²) in [5.74, 6) is 0.0864. The number of para-hydroxylation sites is 1. The molecule has 2 aromatic rings. The van der Waals surface area contributed by atoms with E-state index in [0.717, 1.165) is 30.3 Å². The fraction of sp³-hybridized carbons (Fsp3) is 0.438. The number of thioether (sulfide) groups is 1. The Morgan fingerprint density at radius 2 is 2.09 bits per heavy atom. The number of anilines is 1. The molecule has 1 atom stereocenters. The number of nitrogens with one attached hydrogen (secondary N) is 1. The summed E-state index contributed by atoms with van der Waals surface area (Å²) in [6, 6.07) is 10.7. The molecule has 1 aromatic heterocycles. The second-order valence-electron chi connectivity index (χ2n) is 5.57. The summed E-state index contributed by atoms with van der Waals surface area (Å²) in [5.41, 5.74) is 2.95. The first-order valence-corrected chi connectivity index (χ1v) is 9.51. The highest BCUT2D eigenvalue weighted by Crippen LogP contribution is 2.25. The maximum atomic E-state index is 12.3. The van der Waals surface area contributed by atoms with Gasteiger partial charge in [0.05, 0.1) is 5.25 Å². The molecule has 1 amide bonds. The largest absolute Gasteiger partial charge is 0.371 e. The molecular weight excluding hydrogens is 328 g/mol. The lowest BCUT2D eigenvalue weighted by molar-refractivity contribution is -0.121. The van der Waals surface area contributed by atoms with Crippen LogP contribution in [0.3, 0.4) is 0 Å². The van der Waals surface area contributed by atoms with Gasteiger partial charge >= 0.3 is 0 Å². The van der Waals surface area contributed by atoms with Gasteiger partial charge in [0, 0.05) is 24.8 Å². The molecule has 122 valence electrons. The number of benzene rings is 1. The Morgan fingerprint density at radius 1 is 1.35 bits per heavy atom. The second kappa shape index (κ2) is 7.79. The van der Waals surface area contributed by atoms with Gasteiger partial charge in [-0.05, 0) is 31.9 Å². The minimum atomic E-state index is -0.143. The van der Waals surface area contributed by atoms with E-state index in [1.165, 1.54) is 28.8 Å². The number of carbonyl (C=O) groups excluding carboxylic acids is 1. The fourth-order valence-electron chi connectivity index (χ4n) is 2.66. The summed E-state index contributed by atoms with van der Waals surface area (Å²) >= 11 is 2.93. The van der Waals surface area contributed by atoms with Crippen LogP contribution in [0.5, 0.6) is 0 Å². The Bertz CT molecular complexity index is 612. The van der Waals surface area contributed by atoms with Crippen LogP contribution in [0.25, 0.3) is 0 Å². The van der Waals surface area contributed by atoms with Gasteiger partial charge in [0.15, 0.2) is 4.34 Å². The number of rotatable bonds is 5. The first-order valence-electron chi connectivity index (χ1n) is 7.75. The lowest BCUT2D eigenvalue weighted by Gasteiger charge is -2.34. The summed E-state index contributed by atoms with van der Waals surface area (Å²) in [4.78, 5) is 14.7. The third-order valence-electron chi connectivity index (χ3n) is 3.95. The van der Waals surface area contributed by atoms with Crippen molar-refractivity contribution in [2.24, 2.45) is 0 Å². The molecule has 1 fully saturated rings. The Morgan fingerprint density at radius 3 is 2.74 bits per heavy atom. The SMILES string of the molecule is C[C@H](Sc1nncs1)C(=O)NC1CCN(c2ccccc2)CC1. The molecule has 1 aromatic carbocycles. The van der Waals surface area contributed by atoms with Crippen molar-refractivity contribution in [2.75, 3.05) is 18.0 Å². The van der Waals surface area contributed by atoms with E-state index < -0.39 is 0 Å². The van der Waals surface area contributed by atoms with Crippen LogP contribution in [0.15, 0.2) is 40.2 Å². The van der Waals surface area contributed by atoms with E-state index in [2.05, 4.69) is 44.7 Å². The summed E-state index contributed by atoms with van der Waals surface area (Å²) in [5, 5.41) is 10.8. The molecule has 7 heteroatoms. The van der Waals surface area contributed by atoms with Crippen LogP contribution < -0.4 is 10.2 Å². The smallest absolute Gasteiger partial charge is 0.233 e. The van der Waals surface area contributed by atoms with Gasteiger partial charge in [-0.25, -0.2) is 0 Å². The number of hydrogen-bond donors (Lipinski definition) is 1. The molecule has 0 saturated carbocycles. The summed E-state index contributed by atoms with van der Waals surface area (Å²) in [7, 11) is 0. The zero-order valence-electron chi connectivity index (χ0n) is 13.0. The highest BCUT2D eigenvalue weighted by atomic mass is 32.2. The van der Waals surface area contributed by atoms with E-state index in [1.807, 2.05) is 13.0 Å². The number of piperidine rings is 1. The zero-order valence-corrected chi connectivity index (χ0v) is 14.6. The predicted molar refractivity (Wildman–Crippen MR) is 95.0 cm³/mol. The van der Waals surface area contributed by atoms with Crippen LogP contribution in [0.2, 0.25) is 0 Å².